The van der Waals surface area contributed by atoms with E-state index in [0.29, 0.717) is 63.7 Å². The molecule has 0 saturated carbocycles. The second-order valence-corrected chi connectivity index (χ2v) is 13.0. The second-order valence-electron chi connectivity index (χ2n) is 13.0. The highest BCUT2D eigenvalue weighted by molar-refractivity contribution is 5.91. The van der Waals surface area contributed by atoms with E-state index in [1.54, 1.807) is 17.0 Å². The molecule has 1 unspecified atom stereocenters. The van der Waals surface area contributed by atoms with Crippen LogP contribution in [0.25, 0.3) is 0 Å². The predicted molar refractivity (Wildman–Crippen MR) is 174 cm³/mol. The summed E-state index contributed by atoms with van der Waals surface area (Å²) in [6.07, 6.45) is 3.35. The average Bonchev–Trinajstić information content (AvgIpc) is 3.23. The number of nitrogens with one attached hydrogen (secondary N) is 1. The molecule has 2 aromatic carbocycles. The van der Waals surface area contributed by atoms with Crippen molar-refractivity contribution in [3.63, 3.8) is 0 Å². The first-order chi connectivity index (χ1) is 21.8. The molecule has 3 saturated heterocycles. The van der Waals surface area contributed by atoms with Crippen molar-refractivity contribution in [2.24, 2.45) is 0 Å². The van der Waals surface area contributed by atoms with Crippen LogP contribution in [-0.2, 0) is 22.4 Å². The zero-order valence-electron chi connectivity index (χ0n) is 26.4. The van der Waals surface area contributed by atoms with Crippen molar-refractivity contribution in [2.75, 3.05) is 77.0 Å². The summed E-state index contributed by atoms with van der Waals surface area (Å²) >= 11 is 0. The van der Waals surface area contributed by atoms with Crippen molar-refractivity contribution in [1.29, 1.82) is 0 Å². The molecule has 0 radical (unpaired) electrons. The van der Waals surface area contributed by atoms with Crippen molar-refractivity contribution in [3.8, 4) is 0 Å². The largest absolute Gasteiger partial charge is 0.436 e. The number of ether oxygens (including phenoxy) is 1. The van der Waals surface area contributed by atoms with E-state index < -0.39 is 12.2 Å². The summed E-state index contributed by atoms with van der Waals surface area (Å²) in [7, 11) is 2.17. The molecule has 0 bridgehead atoms. The van der Waals surface area contributed by atoms with E-state index in [2.05, 4.69) is 28.2 Å². The Bertz CT molecular complexity index is 1330. The van der Waals surface area contributed by atoms with Crippen molar-refractivity contribution in [1.82, 2.24) is 24.5 Å². The van der Waals surface area contributed by atoms with E-state index in [1.807, 2.05) is 40.1 Å². The number of rotatable bonds is 6. The van der Waals surface area contributed by atoms with Gasteiger partial charge in [-0.15, -0.1) is 0 Å². The number of piperazine rings is 1. The van der Waals surface area contributed by atoms with Crippen LogP contribution in [0.4, 0.5) is 21.0 Å². The van der Waals surface area contributed by atoms with Crippen molar-refractivity contribution in [3.05, 3.63) is 59.7 Å². The molecule has 0 aliphatic carbocycles. The lowest BCUT2D eigenvalue weighted by Crippen LogP contribution is -2.56. The molecule has 242 valence electrons. The zero-order valence-corrected chi connectivity index (χ0v) is 26.4. The lowest BCUT2D eigenvalue weighted by molar-refractivity contribution is -0.143. The van der Waals surface area contributed by atoms with Crippen LogP contribution in [-0.4, -0.2) is 127 Å². The van der Waals surface area contributed by atoms with Crippen LogP contribution in [0.5, 0.6) is 0 Å². The molecule has 4 aliphatic rings. The van der Waals surface area contributed by atoms with Gasteiger partial charge in [0, 0.05) is 75.7 Å². The van der Waals surface area contributed by atoms with Gasteiger partial charge < -0.3 is 35.4 Å². The number of hydrogen-bond acceptors (Lipinski definition) is 7. The maximum Gasteiger partial charge on any atom is 0.410 e. The number of likely N-dealkylation sites (tertiary alicyclic amines) is 2. The predicted octanol–water partition coefficient (Wildman–Crippen LogP) is 3.11. The first-order valence-corrected chi connectivity index (χ1v) is 16.5. The van der Waals surface area contributed by atoms with Crippen LogP contribution < -0.4 is 11.1 Å². The molecule has 0 aromatic heterocycles. The molecule has 4 aliphatic heterocycles. The summed E-state index contributed by atoms with van der Waals surface area (Å²) in [4.78, 5) is 50.7. The van der Waals surface area contributed by atoms with Crippen LogP contribution in [0.3, 0.4) is 0 Å². The number of carbonyl (C=O) groups is 3. The Morgan fingerprint density at radius 1 is 0.844 bits per heavy atom. The Morgan fingerprint density at radius 3 is 2.22 bits per heavy atom. The van der Waals surface area contributed by atoms with Crippen LogP contribution in [0, 0.1) is 0 Å². The van der Waals surface area contributed by atoms with Gasteiger partial charge in [0.05, 0.1) is 0 Å². The molecule has 4 amide bonds. The quantitative estimate of drug-likeness (QED) is 0.479. The number of benzene rings is 2. The molecule has 3 fully saturated rings. The normalized spacial score (nSPS) is 21.5. The van der Waals surface area contributed by atoms with Crippen molar-refractivity contribution < 1.29 is 19.1 Å². The molecular formula is C34H47N7O4. The topological polar surface area (TPSA) is 115 Å². The van der Waals surface area contributed by atoms with Gasteiger partial charge in [-0.1, -0.05) is 30.3 Å². The van der Waals surface area contributed by atoms with Gasteiger partial charge in [-0.2, -0.15) is 0 Å². The summed E-state index contributed by atoms with van der Waals surface area (Å²) in [6, 6.07) is 15.8. The molecule has 4 heterocycles. The lowest BCUT2D eigenvalue weighted by Gasteiger charge is -2.42. The third-order valence-corrected chi connectivity index (χ3v) is 10.1. The van der Waals surface area contributed by atoms with Crippen LogP contribution in [0.2, 0.25) is 0 Å². The maximum absolute atomic E-state index is 13.9. The fraction of sp³-hybridized carbons (Fsp3) is 0.559. The highest BCUT2D eigenvalue weighted by atomic mass is 16.6. The highest BCUT2D eigenvalue weighted by Gasteiger charge is 2.36. The van der Waals surface area contributed by atoms with Gasteiger partial charge in [-0.3, -0.25) is 9.69 Å². The molecule has 11 heteroatoms. The number of hydrogen-bond donors (Lipinski definition) is 2. The second kappa shape index (κ2) is 14.1. The lowest BCUT2D eigenvalue weighted by atomic mass is 10.0. The van der Waals surface area contributed by atoms with Gasteiger partial charge in [0.25, 0.3) is 5.91 Å². The minimum atomic E-state index is -0.913. The molecule has 1 atom stereocenters. The molecule has 3 N–H and O–H groups in total. The van der Waals surface area contributed by atoms with E-state index in [0.717, 1.165) is 62.3 Å². The first kappa shape index (κ1) is 31.2. The maximum atomic E-state index is 13.9. The van der Waals surface area contributed by atoms with Gasteiger partial charge in [0.1, 0.15) is 0 Å². The zero-order chi connectivity index (χ0) is 31.3. The third kappa shape index (κ3) is 7.53. The number of nitrogens with two attached hydrogens (primary N) is 1. The molecule has 45 heavy (non-hydrogen) atoms. The van der Waals surface area contributed by atoms with E-state index in [1.165, 1.54) is 0 Å². The number of urea groups is 1. The van der Waals surface area contributed by atoms with Gasteiger partial charge >= 0.3 is 12.1 Å². The number of nitrogen functional groups attached to an aromatic ring is 1. The molecule has 0 spiro atoms. The monoisotopic (exact) mass is 617 g/mol. The summed E-state index contributed by atoms with van der Waals surface area (Å²) < 4.78 is 6.01. The SMILES string of the molecule is CN1CCC(N2CCN(C(=O)C(Cc3ccc(N)cc3)OC(=O)N3CCC(N4CCc5ccccc5NC4=O)CC3)CC2)CC1. The Balaban J connectivity index is 1.05. The Morgan fingerprint density at radius 2 is 1.51 bits per heavy atom. The van der Waals surface area contributed by atoms with Crippen molar-refractivity contribution >= 4 is 29.4 Å². The number of fused-ring (bicyclic) bond motifs is 1. The summed E-state index contributed by atoms with van der Waals surface area (Å²) in [5.74, 6) is -0.140. The first-order valence-electron chi connectivity index (χ1n) is 16.5. The van der Waals surface area contributed by atoms with Crippen LogP contribution in [0.15, 0.2) is 48.5 Å². The number of amides is 4. The number of piperidine rings is 2. The standard InChI is InChI=1S/C34H47N7O4/c1-37-15-11-28(12-16-37)38-20-22-39(23-21-38)32(42)31(24-25-6-8-27(35)9-7-25)45-34(44)40-17-13-29(14-18-40)41-19-10-26-4-2-3-5-30(26)36-33(41)43/h2-9,28-29,31H,10-24,35H2,1H3,(H,36,43). The Labute approximate surface area is 266 Å². The molecule has 2 aromatic rings. The molecular weight excluding hydrogens is 570 g/mol. The van der Waals surface area contributed by atoms with Crippen LogP contribution >= 0.6 is 0 Å². The minimum Gasteiger partial charge on any atom is -0.436 e. The van der Waals surface area contributed by atoms with Gasteiger partial charge in [-0.25, -0.2) is 9.59 Å². The van der Waals surface area contributed by atoms with E-state index in [-0.39, 0.29) is 18.0 Å². The third-order valence-electron chi connectivity index (χ3n) is 10.1. The summed E-state index contributed by atoms with van der Waals surface area (Å²) in [5.41, 5.74) is 9.44. The molecule has 11 nitrogen and oxygen atoms in total. The van der Waals surface area contributed by atoms with Gasteiger partial charge in [-0.05, 0) is 81.6 Å². The number of anilines is 2. The average molecular weight is 618 g/mol. The summed E-state index contributed by atoms with van der Waals surface area (Å²) in [6.45, 7) is 6.75. The van der Waals surface area contributed by atoms with E-state index in [4.69, 9.17) is 10.5 Å². The number of carbonyl (C=O) groups excluding carboxylic acids is 3. The molecule has 6 rings (SSSR count). The Hall–Kier alpha value is -3.83. The van der Waals surface area contributed by atoms with E-state index in [9.17, 15) is 14.4 Å². The Kier molecular flexibility index (Phi) is 9.75. The van der Waals surface area contributed by atoms with Gasteiger partial charge in [0.2, 0.25) is 0 Å². The van der Waals surface area contributed by atoms with Crippen LogP contribution in [0.1, 0.15) is 36.8 Å². The van der Waals surface area contributed by atoms with E-state index >= 15 is 0 Å². The van der Waals surface area contributed by atoms with Gasteiger partial charge in [0.15, 0.2) is 6.10 Å². The fourth-order valence-corrected chi connectivity index (χ4v) is 7.21. The minimum absolute atomic E-state index is 0.0384. The fourth-order valence-electron chi connectivity index (χ4n) is 7.21. The summed E-state index contributed by atoms with van der Waals surface area (Å²) in [5, 5.41) is 3.05. The van der Waals surface area contributed by atoms with Crippen molar-refractivity contribution in [2.45, 2.75) is 56.7 Å². The number of para-hydroxylation sites is 1. The highest BCUT2D eigenvalue weighted by Crippen LogP contribution is 2.25. The number of nitrogens with zero attached hydrogens (tertiary/aromatic N) is 5. The smallest absolute Gasteiger partial charge is 0.410 e.